The van der Waals surface area contributed by atoms with Gasteiger partial charge in [-0.1, -0.05) is 23.5 Å². The number of anilines is 1. The Bertz CT molecular complexity index is 905. The largest absolute Gasteiger partial charge is 0.309 e. The van der Waals surface area contributed by atoms with Gasteiger partial charge >= 0.3 is 0 Å². The van der Waals surface area contributed by atoms with Crippen molar-refractivity contribution in [2.75, 3.05) is 32.1 Å². The van der Waals surface area contributed by atoms with Gasteiger partial charge in [-0.2, -0.15) is 5.10 Å². The van der Waals surface area contributed by atoms with E-state index in [1.54, 1.807) is 27.0 Å². The molecule has 3 rings (SSSR count). The van der Waals surface area contributed by atoms with E-state index in [1.807, 2.05) is 46.3 Å². The van der Waals surface area contributed by atoms with Gasteiger partial charge in [-0.25, -0.2) is 4.98 Å². The Morgan fingerprint density at radius 1 is 1.22 bits per heavy atom. The van der Waals surface area contributed by atoms with Crippen LogP contribution in [0.4, 0.5) is 5.13 Å². The van der Waals surface area contributed by atoms with Crippen LogP contribution in [0.15, 0.2) is 30.5 Å². The molecule has 0 bridgehead atoms. The molecule has 0 radical (unpaired) electrons. The lowest BCUT2D eigenvalue weighted by Crippen LogP contribution is -2.33. The summed E-state index contributed by atoms with van der Waals surface area (Å²) in [7, 11) is 4.08. The van der Waals surface area contributed by atoms with Crippen LogP contribution in [0.3, 0.4) is 0 Å². The first kappa shape index (κ1) is 21.3. The molecule has 6 nitrogen and oxygen atoms in total. The maximum Gasteiger partial charge on any atom is 0.280 e. The quantitative estimate of drug-likeness (QED) is 0.597. The number of hydrogen-bond acceptors (Lipinski definition) is 5. The number of nitrogens with zero attached hydrogens (tertiary/aromatic N) is 5. The van der Waals surface area contributed by atoms with Gasteiger partial charge in [-0.05, 0) is 58.6 Å². The van der Waals surface area contributed by atoms with Gasteiger partial charge in [0.05, 0.1) is 10.2 Å². The minimum atomic E-state index is -0.0901. The smallest absolute Gasteiger partial charge is 0.280 e. The Kier molecular flexibility index (Phi) is 7.35. The number of rotatable bonds is 7. The van der Waals surface area contributed by atoms with Crippen LogP contribution in [0.2, 0.25) is 0 Å². The molecule has 0 saturated heterocycles. The second-order valence-electron chi connectivity index (χ2n) is 6.59. The molecule has 3 aromatic rings. The van der Waals surface area contributed by atoms with Crippen LogP contribution in [0.1, 0.15) is 29.4 Å². The van der Waals surface area contributed by atoms with Crippen LogP contribution < -0.4 is 4.90 Å². The highest BCUT2D eigenvalue weighted by molar-refractivity contribution is 7.22. The van der Waals surface area contributed by atoms with Crippen molar-refractivity contribution in [2.45, 2.75) is 26.8 Å². The van der Waals surface area contributed by atoms with E-state index >= 15 is 0 Å². The summed E-state index contributed by atoms with van der Waals surface area (Å²) >= 11 is 1.56. The number of thiazole rings is 1. The molecular formula is C19H26ClN5OS. The highest BCUT2D eigenvalue weighted by Crippen LogP contribution is 2.31. The summed E-state index contributed by atoms with van der Waals surface area (Å²) in [6.45, 7) is 6.33. The zero-order chi connectivity index (χ0) is 18.7. The number of halogens is 1. The molecule has 0 aliphatic carbocycles. The Morgan fingerprint density at radius 3 is 2.63 bits per heavy atom. The van der Waals surface area contributed by atoms with Gasteiger partial charge in [0.1, 0.15) is 0 Å². The average Bonchev–Trinajstić information content (AvgIpc) is 3.25. The van der Waals surface area contributed by atoms with E-state index in [0.717, 1.165) is 40.4 Å². The number of amides is 1. The number of fused-ring (bicyclic) bond motifs is 1. The summed E-state index contributed by atoms with van der Waals surface area (Å²) in [4.78, 5) is 21.8. The van der Waals surface area contributed by atoms with Crippen LogP contribution in [0.25, 0.3) is 10.2 Å². The van der Waals surface area contributed by atoms with Crippen molar-refractivity contribution in [3.05, 3.63) is 41.7 Å². The van der Waals surface area contributed by atoms with Crippen molar-refractivity contribution >= 4 is 45.0 Å². The molecule has 0 atom stereocenters. The normalized spacial score (nSPS) is 11.0. The van der Waals surface area contributed by atoms with Gasteiger partial charge in [-0.3, -0.25) is 14.4 Å². The molecule has 27 heavy (non-hydrogen) atoms. The van der Waals surface area contributed by atoms with Gasteiger partial charge < -0.3 is 4.90 Å². The molecule has 0 aliphatic heterocycles. The fourth-order valence-corrected chi connectivity index (χ4v) is 3.88. The van der Waals surface area contributed by atoms with Crippen LogP contribution in [-0.4, -0.2) is 52.8 Å². The second-order valence-corrected chi connectivity index (χ2v) is 7.60. The van der Waals surface area contributed by atoms with Crippen molar-refractivity contribution in [3.63, 3.8) is 0 Å². The lowest BCUT2D eigenvalue weighted by Gasteiger charge is -2.20. The first-order valence-electron chi connectivity index (χ1n) is 8.85. The Hall–Kier alpha value is -1.96. The third-order valence-electron chi connectivity index (χ3n) is 4.26. The summed E-state index contributed by atoms with van der Waals surface area (Å²) in [6.07, 6.45) is 2.72. The maximum atomic E-state index is 13.1. The summed E-state index contributed by atoms with van der Waals surface area (Å²) in [6, 6.07) is 7.91. The van der Waals surface area contributed by atoms with Gasteiger partial charge in [-0.15, -0.1) is 12.4 Å². The van der Waals surface area contributed by atoms with Gasteiger partial charge in [0, 0.05) is 19.3 Å². The fraction of sp³-hybridized carbons (Fsp3) is 0.421. The summed E-state index contributed by atoms with van der Waals surface area (Å²) < 4.78 is 2.87. The van der Waals surface area contributed by atoms with Gasteiger partial charge in [0.15, 0.2) is 10.8 Å². The van der Waals surface area contributed by atoms with Crippen molar-refractivity contribution in [1.29, 1.82) is 0 Å². The number of aromatic nitrogens is 3. The minimum Gasteiger partial charge on any atom is -0.309 e. The molecule has 0 aliphatic rings. The van der Waals surface area contributed by atoms with Crippen molar-refractivity contribution in [3.8, 4) is 0 Å². The van der Waals surface area contributed by atoms with E-state index in [-0.39, 0.29) is 18.3 Å². The molecule has 0 N–H and O–H groups in total. The highest BCUT2D eigenvalue weighted by Gasteiger charge is 2.23. The first-order valence-corrected chi connectivity index (χ1v) is 9.67. The monoisotopic (exact) mass is 407 g/mol. The van der Waals surface area contributed by atoms with E-state index in [4.69, 9.17) is 4.98 Å². The van der Waals surface area contributed by atoms with Crippen molar-refractivity contribution in [1.82, 2.24) is 19.7 Å². The third kappa shape index (κ3) is 4.86. The molecule has 8 heteroatoms. The number of para-hydroxylation sites is 1. The molecule has 1 aromatic carbocycles. The summed E-state index contributed by atoms with van der Waals surface area (Å²) in [5, 5.41) is 5.12. The number of carbonyl (C=O) groups excluding carboxylic acids is 1. The summed E-state index contributed by atoms with van der Waals surface area (Å²) in [5.41, 5.74) is 2.56. The SMILES string of the molecule is CCn1ccc(C(=O)N(CCCN(C)C)c2nc3c(C)cccc3s2)n1.Cl. The molecule has 0 unspecified atom stereocenters. The highest BCUT2D eigenvalue weighted by atomic mass is 35.5. The predicted octanol–water partition coefficient (Wildman–Crippen LogP) is 3.84. The molecule has 1 amide bonds. The first-order chi connectivity index (χ1) is 12.5. The lowest BCUT2D eigenvalue weighted by molar-refractivity contribution is 0.0980. The molecule has 0 saturated carbocycles. The summed E-state index contributed by atoms with van der Waals surface area (Å²) in [5.74, 6) is -0.0901. The van der Waals surface area contributed by atoms with Gasteiger partial charge in [0.2, 0.25) is 0 Å². The molecule has 0 fully saturated rings. The topological polar surface area (TPSA) is 54.3 Å². The fourth-order valence-electron chi connectivity index (χ4n) is 2.81. The van der Waals surface area contributed by atoms with Crippen molar-refractivity contribution in [2.24, 2.45) is 0 Å². The number of benzene rings is 1. The molecule has 2 heterocycles. The van der Waals surface area contributed by atoms with E-state index in [0.29, 0.717) is 12.2 Å². The van der Waals surface area contributed by atoms with Crippen LogP contribution in [0.5, 0.6) is 0 Å². The molecule has 2 aromatic heterocycles. The zero-order valence-electron chi connectivity index (χ0n) is 16.2. The Morgan fingerprint density at radius 2 is 2.00 bits per heavy atom. The van der Waals surface area contributed by atoms with E-state index < -0.39 is 0 Å². The van der Waals surface area contributed by atoms with Crippen molar-refractivity contribution < 1.29 is 4.79 Å². The Balaban J connectivity index is 0.00000261. The average molecular weight is 408 g/mol. The standard InChI is InChI=1S/C19H25N5OS.ClH/c1-5-23-13-10-15(21-23)18(25)24(12-7-11-22(3)4)19-20-17-14(2)8-6-9-16(17)26-19;/h6,8-10,13H,5,7,11-12H2,1-4H3;1H. The number of aryl methyl sites for hydroxylation is 2. The third-order valence-corrected chi connectivity index (χ3v) is 5.30. The van der Waals surface area contributed by atoms with Crippen LogP contribution in [-0.2, 0) is 6.54 Å². The number of hydrogen-bond donors (Lipinski definition) is 0. The van der Waals surface area contributed by atoms with E-state index in [1.165, 1.54) is 0 Å². The predicted molar refractivity (Wildman–Crippen MR) is 114 cm³/mol. The lowest BCUT2D eigenvalue weighted by atomic mass is 10.2. The molecular weight excluding hydrogens is 382 g/mol. The number of carbonyl (C=O) groups is 1. The minimum absolute atomic E-state index is 0. The molecule has 0 spiro atoms. The van der Waals surface area contributed by atoms with E-state index in [2.05, 4.69) is 16.1 Å². The van der Waals surface area contributed by atoms with Crippen LogP contribution >= 0.6 is 23.7 Å². The Labute approximate surface area is 170 Å². The van der Waals surface area contributed by atoms with Gasteiger partial charge in [0.25, 0.3) is 5.91 Å². The van der Waals surface area contributed by atoms with E-state index in [9.17, 15) is 4.79 Å². The van der Waals surface area contributed by atoms with Crippen LogP contribution in [0, 0.1) is 6.92 Å². The zero-order valence-corrected chi connectivity index (χ0v) is 17.8. The second kappa shape index (κ2) is 9.30. The maximum absolute atomic E-state index is 13.1. The molecule has 146 valence electrons.